The molecule has 0 aromatic heterocycles. The maximum atomic E-state index is 5.96. The average molecular weight is 309 g/mol. The van der Waals surface area contributed by atoms with Crippen molar-refractivity contribution in [2.75, 3.05) is 26.2 Å². The van der Waals surface area contributed by atoms with E-state index in [1.54, 1.807) is 0 Å². The fourth-order valence-corrected chi connectivity index (χ4v) is 3.30. The van der Waals surface area contributed by atoms with Crippen molar-refractivity contribution in [3.05, 3.63) is 54.1 Å². The molecule has 2 aromatic rings. The van der Waals surface area contributed by atoms with Crippen molar-refractivity contribution in [3.8, 4) is 16.9 Å². The zero-order valence-electron chi connectivity index (χ0n) is 14.3. The summed E-state index contributed by atoms with van der Waals surface area (Å²) in [4.78, 5) is 2.55. The van der Waals surface area contributed by atoms with Crippen LogP contribution in [0, 0.1) is 12.8 Å². The monoisotopic (exact) mass is 309 g/mol. The van der Waals surface area contributed by atoms with E-state index < -0.39 is 0 Å². The van der Waals surface area contributed by atoms with Gasteiger partial charge in [-0.05, 0) is 55.5 Å². The van der Waals surface area contributed by atoms with Crippen molar-refractivity contribution in [1.29, 1.82) is 0 Å². The molecule has 2 nitrogen and oxygen atoms in total. The summed E-state index contributed by atoms with van der Waals surface area (Å²) in [6.45, 7) is 8.92. The van der Waals surface area contributed by atoms with Gasteiger partial charge in [0.1, 0.15) is 5.75 Å². The first-order valence-corrected chi connectivity index (χ1v) is 8.73. The quantitative estimate of drug-likeness (QED) is 0.713. The number of aryl methyl sites for hydroxylation is 1. The van der Waals surface area contributed by atoms with E-state index in [0.29, 0.717) is 0 Å². The number of likely N-dealkylation sites (tertiary alicyclic amines) is 1. The second-order valence-electron chi connectivity index (χ2n) is 6.79. The molecule has 2 aromatic carbocycles. The zero-order chi connectivity index (χ0) is 16.1. The molecule has 0 spiro atoms. The van der Waals surface area contributed by atoms with E-state index >= 15 is 0 Å². The Labute approximate surface area is 140 Å². The molecule has 1 heterocycles. The number of hydrogen-bond donors (Lipinski definition) is 0. The molecule has 0 saturated carbocycles. The minimum Gasteiger partial charge on any atom is -0.494 e. The summed E-state index contributed by atoms with van der Waals surface area (Å²) < 4.78 is 5.96. The molecule has 23 heavy (non-hydrogen) atoms. The number of ether oxygens (including phenoxy) is 1. The van der Waals surface area contributed by atoms with E-state index in [0.717, 1.165) is 31.2 Å². The number of hydrogen-bond acceptors (Lipinski definition) is 2. The molecule has 1 fully saturated rings. The van der Waals surface area contributed by atoms with Crippen LogP contribution in [0.5, 0.6) is 5.75 Å². The van der Waals surface area contributed by atoms with E-state index in [-0.39, 0.29) is 0 Å². The van der Waals surface area contributed by atoms with Gasteiger partial charge in [-0.2, -0.15) is 0 Å². The van der Waals surface area contributed by atoms with Crippen LogP contribution in [0.25, 0.3) is 11.1 Å². The summed E-state index contributed by atoms with van der Waals surface area (Å²) in [5.74, 6) is 1.83. The Kier molecular flexibility index (Phi) is 5.35. The van der Waals surface area contributed by atoms with Crippen molar-refractivity contribution >= 4 is 0 Å². The highest BCUT2D eigenvalue weighted by Crippen LogP contribution is 2.24. The van der Waals surface area contributed by atoms with Crippen LogP contribution in [0.3, 0.4) is 0 Å². The van der Waals surface area contributed by atoms with Crippen molar-refractivity contribution < 1.29 is 4.74 Å². The van der Waals surface area contributed by atoms with Gasteiger partial charge in [0.25, 0.3) is 0 Å². The summed E-state index contributed by atoms with van der Waals surface area (Å²) in [6, 6.07) is 17.0. The van der Waals surface area contributed by atoms with Crippen molar-refractivity contribution in [1.82, 2.24) is 4.90 Å². The molecule has 0 N–H and O–H groups in total. The van der Waals surface area contributed by atoms with E-state index in [1.165, 1.54) is 36.2 Å². The Morgan fingerprint density at radius 3 is 2.61 bits per heavy atom. The van der Waals surface area contributed by atoms with Gasteiger partial charge >= 0.3 is 0 Å². The van der Waals surface area contributed by atoms with Gasteiger partial charge in [0.15, 0.2) is 0 Å². The van der Waals surface area contributed by atoms with Gasteiger partial charge in [0, 0.05) is 13.1 Å². The zero-order valence-corrected chi connectivity index (χ0v) is 14.3. The lowest BCUT2D eigenvalue weighted by molar-refractivity contribution is 0.260. The van der Waals surface area contributed by atoms with Gasteiger partial charge in [0.2, 0.25) is 0 Å². The third-order valence-corrected chi connectivity index (χ3v) is 4.58. The third kappa shape index (κ3) is 4.59. The SMILES string of the molecule is Cc1cccc(-c2cccc(OCCCN3CCC(C)C3)c2)c1. The van der Waals surface area contributed by atoms with Crippen LogP contribution in [0.1, 0.15) is 25.3 Å². The maximum absolute atomic E-state index is 5.96. The highest BCUT2D eigenvalue weighted by molar-refractivity contribution is 5.65. The Hall–Kier alpha value is -1.80. The van der Waals surface area contributed by atoms with Crippen molar-refractivity contribution in [2.45, 2.75) is 26.7 Å². The largest absolute Gasteiger partial charge is 0.494 e. The van der Waals surface area contributed by atoms with Gasteiger partial charge in [-0.15, -0.1) is 0 Å². The molecule has 1 aliphatic heterocycles. The van der Waals surface area contributed by atoms with Gasteiger partial charge in [-0.3, -0.25) is 0 Å². The maximum Gasteiger partial charge on any atom is 0.119 e. The highest BCUT2D eigenvalue weighted by atomic mass is 16.5. The van der Waals surface area contributed by atoms with Crippen LogP contribution >= 0.6 is 0 Å². The first kappa shape index (κ1) is 16.1. The van der Waals surface area contributed by atoms with Gasteiger partial charge < -0.3 is 9.64 Å². The first-order chi connectivity index (χ1) is 11.2. The topological polar surface area (TPSA) is 12.5 Å². The van der Waals surface area contributed by atoms with Gasteiger partial charge in [-0.25, -0.2) is 0 Å². The molecule has 1 saturated heterocycles. The second kappa shape index (κ2) is 7.65. The summed E-state index contributed by atoms with van der Waals surface area (Å²) in [6.07, 6.45) is 2.45. The van der Waals surface area contributed by atoms with E-state index in [2.05, 4.69) is 67.3 Å². The van der Waals surface area contributed by atoms with Crippen molar-refractivity contribution in [3.63, 3.8) is 0 Å². The fourth-order valence-electron chi connectivity index (χ4n) is 3.30. The standard InChI is InChI=1S/C21H27NO/c1-17-6-3-7-19(14-17)20-8-4-9-21(15-20)23-13-5-11-22-12-10-18(2)16-22/h3-4,6-9,14-15,18H,5,10-13,16H2,1-2H3. The molecule has 0 bridgehead atoms. The fraction of sp³-hybridized carbons (Fsp3) is 0.429. The molecule has 0 aliphatic carbocycles. The predicted octanol–water partition coefficient (Wildman–Crippen LogP) is 4.77. The Balaban J connectivity index is 1.52. The molecular weight excluding hydrogens is 282 g/mol. The van der Waals surface area contributed by atoms with Crippen molar-refractivity contribution in [2.24, 2.45) is 5.92 Å². The molecule has 122 valence electrons. The first-order valence-electron chi connectivity index (χ1n) is 8.73. The third-order valence-electron chi connectivity index (χ3n) is 4.58. The van der Waals surface area contributed by atoms with Crippen LogP contribution < -0.4 is 4.74 Å². The van der Waals surface area contributed by atoms with E-state index in [9.17, 15) is 0 Å². The summed E-state index contributed by atoms with van der Waals surface area (Å²) in [5.41, 5.74) is 3.76. The molecule has 2 heteroatoms. The highest BCUT2D eigenvalue weighted by Gasteiger charge is 2.17. The van der Waals surface area contributed by atoms with Gasteiger partial charge in [-0.1, -0.05) is 48.9 Å². The van der Waals surface area contributed by atoms with Crippen LogP contribution in [0.2, 0.25) is 0 Å². The number of benzene rings is 2. The van der Waals surface area contributed by atoms with Gasteiger partial charge in [0.05, 0.1) is 6.61 Å². The molecule has 1 unspecified atom stereocenters. The average Bonchev–Trinajstić information content (AvgIpc) is 2.97. The molecule has 0 radical (unpaired) electrons. The Morgan fingerprint density at radius 2 is 1.87 bits per heavy atom. The normalized spacial score (nSPS) is 18.3. The van der Waals surface area contributed by atoms with E-state index in [1.807, 2.05) is 0 Å². The second-order valence-corrected chi connectivity index (χ2v) is 6.79. The van der Waals surface area contributed by atoms with Crippen LogP contribution in [-0.4, -0.2) is 31.1 Å². The molecule has 0 amide bonds. The smallest absolute Gasteiger partial charge is 0.119 e. The number of rotatable bonds is 6. The lowest BCUT2D eigenvalue weighted by Gasteiger charge is -2.15. The lowest BCUT2D eigenvalue weighted by atomic mass is 10.0. The minimum atomic E-state index is 0.794. The lowest BCUT2D eigenvalue weighted by Crippen LogP contribution is -2.22. The number of nitrogens with zero attached hydrogens (tertiary/aromatic N) is 1. The summed E-state index contributed by atoms with van der Waals surface area (Å²) >= 11 is 0. The molecular formula is C21H27NO. The minimum absolute atomic E-state index is 0.794. The predicted molar refractivity (Wildman–Crippen MR) is 96.9 cm³/mol. The Bertz CT molecular complexity index is 637. The van der Waals surface area contributed by atoms with Crippen LogP contribution in [0.4, 0.5) is 0 Å². The summed E-state index contributed by atoms with van der Waals surface area (Å²) in [5, 5.41) is 0. The Morgan fingerprint density at radius 1 is 1.09 bits per heavy atom. The summed E-state index contributed by atoms with van der Waals surface area (Å²) in [7, 11) is 0. The molecule has 1 aliphatic rings. The van der Waals surface area contributed by atoms with E-state index in [4.69, 9.17) is 4.74 Å². The van der Waals surface area contributed by atoms with Crippen LogP contribution in [-0.2, 0) is 0 Å². The molecule has 1 atom stereocenters. The molecule has 3 rings (SSSR count). The van der Waals surface area contributed by atoms with Crippen LogP contribution in [0.15, 0.2) is 48.5 Å².